The van der Waals surface area contributed by atoms with Crippen molar-refractivity contribution in [1.82, 2.24) is 0 Å². The van der Waals surface area contributed by atoms with Gasteiger partial charge in [0.2, 0.25) is 0 Å². The molecule has 0 fully saturated rings. The predicted octanol–water partition coefficient (Wildman–Crippen LogP) is 4.03. The van der Waals surface area contributed by atoms with E-state index in [1.165, 1.54) is 0 Å². The molecule has 0 saturated carbocycles. The van der Waals surface area contributed by atoms with Crippen LogP contribution in [-0.2, 0) is 0 Å². The minimum atomic E-state index is 0.679. The second kappa shape index (κ2) is 5.65. The Morgan fingerprint density at radius 1 is 1.11 bits per heavy atom. The molecular weight excluding hydrogens is 236 g/mol. The Hall–Kier alpha value is -2.16. The van der Waals surface area contributed by atoms with Crippen molar-refractivity contribution >= 4 is 17.1 Å². The van der Waals surface area contributed by atoms with Gasteiger partial charge in [-0.25, -0.2) is 0 Å². The first kappa shape index (κ1) is 13.3. The van der Waals surface area contributed by atoms with Gasteiger partial charge in [0.15, 0.2) is 0 Å². The zero-order valence-corrected chi connectivity index (χ0v) is 11.7. The highest BCUT2D eigenvalue weighted by atomic mass is 16.5. The highest BCUT2D eigenvalue weighted by Gasteiger charge is 2.03. The molecule has 0 radical (unpaired) electrons. The third-order valence-electron chi connectivity index (χ3n) is 2.96. The Labute approximate surface area is 114 Å². The fraction of sp³-hybridized carbons (Fsp3) is 0.250. The van der Waals surface area contributed by atoms with Crippen molar-refractivity contribution in [2.75, 3.05) is 17.7 Å². The Morgan fingerprint density at radius 2 is 1.89 bits per heavy atom. The number of nitrogen functional groups attached to an aromatic ring is 1. The number of rotatable bonds is 4. The number of aryl methyl sites for hydroxylation is 2. The normalized spacial score (nSPS) is 10.3. The summed E-state index contributed by atoms with van der Waals surface area (Å²) in [7, 11) is 0. The van der Waals surface area contributed by atoms with Crippen LogP contribution in [0.25, 0.3) is 0 Å². The van der Waals surface area contributed by atoms with Gasteiger partial charge in [-0.3, -0.25) is 0 Å². The van der Waals surface area contributed by atoms with E-state index in [2.05, 4.69) is 11.4 Å². The molecule has 0 amide bonds. The predicted molar refractivity (Wildman–Crippen MR) is 81.2 cm³/mol. The fourth-order valence-corrected chi connectivity index (χ4v) is 2.00. The molecule has 0 aliphatic rings. The van der Waals surface area contributed by atoms with Gasteiger partial charge in [0.25, 0.3) is 0 Å². The van der Waals surface area contributed by atoms with Crippen LogP contribution < -0.4 is 15.8 Å². The topological polar surface area (TPSA) is 47.3 Å². The molecule has 0 saturated heterocycles. The molecule has 2 aromatic carbocycles. The van der Waals surface area contributed by atoms with Crippen molar-refractivity contribution < 1.29 is 4.74 Å². The number of nitrogens with one attached hydrogen (secondary N) is 1. The van der Waals surface area contributed by atoms with E-state index in [4.69, 9.17) is 10.5 Å². The molecule has 0 bridgehead atoms. The molecule has 100 valence electrons. The number of hydrogen-bond acceptors (Lipinski definition) is 3. The third kappa shape index (κ3) is 3.19. The van der Waals surface area contributed by atoms with Gasteiger partial charge in [-0.2, -0.15) is 0 Å². The van der Waals surface area contributed by atoms with Crippen molar-refractivity contribution in [3.05, 3.63) is 47.5 Å². The van der Waals surface area contributed by atoms with Crippen LogP contribution in [0.5, 0.6) is 5.75 Å². The Kier molecular flexibility index (Phi) is 3.95. The molecule has 2 aromatic rings. The van der Waals surface area contributed by atoms with E-state index in [9.17, 15) is 0 Å². The summed E-state index contributed by atoms with van der Waals surface area (Å²) in [4.78, 5) is 0. The maximum absolute atomic E-state index is 6.00. The molecule has 0 aromatic heterocycles. The second-order valence-electron chi connectivity index (χ2n) is 4.63. The van der Waals surface area contributed by atoms with E-state index in [1.807, 2.05) is 51.1 Å². The molecule has 0 aliphatic carbocycles. The first-order valence-corrected chi connectivity index (χ1v) is 6.46. The first-order valence-electron chi connectivity index (χ1n) is 6.46. The Morgan fingerprint density at radius 3 is 2.53 bits per heavy atom. The zero-order chi connectivity index (χ0) is 13.8. The van der Waals surface area contributed by atoms with Crippen molar-refractivity contribution in [2.45, 2.75) is 20.8 Å². The van der Waals surface area contributed by atoms with Crippen LogP contribution in [0, 0.1) is 13.8 Å². The maximum Gasteiger partial charge on any atom is 0.122 e. The molecule has 3 N–H and O–H groups in total. The van der Waals surface area contributed by atoms with Crippen LogP contribution in [0.3, 0.4) is 0 Å². The molecule has 0 atom stereocenters. The highest BCUT2D eigenvalue weighted by Crippen LogP contribution is 2.27. The molecule has 0 spiro atoms. The number of nitrogens with two attached hydrogens (primary N) is 1. The summed E-state index contributed by atoms with van der Waals surface area (Å²) >= 11 is 0. The van der Waals surface area contributed by atoms with E-state index in [1.54, 1.807) is 0 Å². The SMILES string of the molecule is CCOc1ccc(Nc2ccc(C)cc2N)cc1C. The standard InChI is InChI=1S/C16H20N2O/c1-4-19-16-8-6-13(10-12(16)3)18-15-7-5-11(2)9-14(15)17/h5-10,18H,4,17H2,1-3H3. The molecule has 0 unspecified atom stereocenters. The van der Waals surface area contributed by atoms with Crippen molar-refractivity contribution in [3.63, 3.8) is 0 Å². The number of hydrogen-bond donors (Lipinski definition) is 2. The van der Waals surface area contributed by atoms with Gasteiger partial charge in [-0.05, 0) is 62.2 Å². The van der Waals surface area contributed by atoms with Crippen molar-refractivity contribution in [1.29, 1.82) is 0 Å². The smallest absolute Gasteiger partial charge is 0.122 e. The molecule has 0 heterocycles. The fourth-order valence-electron chi connectivity index (χ4n) is 2.00. The molecule has 3 nitrogen and oxygen atoms in total. The lowest BCUT2D eigenvalue weighted by Crippen LogP contribution is -1.98. The van der Waals surface area contributed by atoms with Gasteiger partial charge >= 0.3 is 0 Å². The Balaban J connectivity index is 2.21. The van der Waals surface area contributed by atoms with E-state index in [0.29, 0.717) is 6.61 Å². The minimum absolute atomic E-state index is 0.679. The lowest BCUT2D eigenvalue weighted by molar-refractivity contribution is 0.338. The summed E-state index contributed by atoms with van der Waals surface area (Å²) in [5.41, 5.74) is 11.0. The quantitative estimate of drug-likeness (QED) is 0.812. The Bertz CT molecular complexity index is 579. The zero-order valence-electron chi connectivity index (χ0n) is 11.7. The van der Waals surface area contributed by atoms with Crippen LogP contribution in [0.1, 0.15) is 18.1 Å². The number of benzene rings is 2. The first-order chi connectivity index (χ1) is 9.10. The van der Waals surface area contributed by atoms with Crippen molar-refractivity contribution in [3.8, 4) is 5.75 Å². The van der Waals surface area contributed by atoms with Gasteiger partial charge in [0.05, 0.1) is 18.0 Å². The number of ether oxygens (including phenoxy) is 1. The molecule has 3 heteroatoms. The van der Waals surface area contributed by atoms with Crippen LogP contribution >= 0.6 is 0 Å². The second-order valence-corrected chi connectivity index (χ2v) is 4.63. The summed E-state index contributed by atoms with van der Waals surface area (Å²) in [6.07, 6.45) is 0. The van der Waals surface area contributed by atoms with E-state index in [0.717, 1.165) is 33.9 Å². The number of anilines is 3. The molecular formula is C16H20N2O. The molecule has 2 rings (SSSR count). The van der Waals surface area contributed by atoms with Gasteiger partial charge < -0.3 is 15.8 Å². The van der Waals surface area contributed by atoms with E-state index >= 15 is 0 Å². The summed E-state index contributed by atoms with van der Waals surface area (Å²) < 4.78 is 5.53. The van der Waals surface area contributed by atoms with Gasteiger partial charge in [0, 0.05) is 5.69 Å². The average molecular weight is 256 g/mol. The lowest BCUT2D eigenvalue weighted by Gasteiger charge is -2.12. The monoisotopic (exact) mass is 256 g/mol. The van der Waals surface area contributed by atoms with E-state index in [-0.39, 0.29) is 0 Å². The molecule has 19 heavy (non-hydrogen) atoms. The van der Waals surface area contributed by atoms with Gasteiger partial charge in [-0.1, -0.05) is 6.07 Å². The van der Waals surface area contributed by atoms with E-state index < -0.39 is 0 Å². The lowest BCUT2D eigenvalue weighted by atomic mass is 10.1. The van der Waals surface area contributed by atoms with Crippen LogP contribution in [-0.4, -0.2) is 6.61 Å². The van der Waals surface area contributed by atoms with Crippen molar-refractivity contribution in [2.24, 2.45) is 0 Å². The third-order valence-corrected chi connectivity index (χ3v) is 2.96. The summed E-state index contributed by atoms with van der Waals surface area (Å²) in [5, 5.41) is 3.33. The van der Waals surface area contributed by atoms with Gasteiger partial charge in [0.1, 0.15) is 5.75 Å². The highest BCUT2D eigenvalue weighted by molar-refractivity contribution is 5.73. The molecule has 0 aliphatic heterocycles. The largest absolute Gasteiger partial charge is 0.494 e. The van der Waals surface area contributed by atoms with Gasteiger partial charge in [-0.15, -0.1) is 0 Å². The summed E-state index contributed by atoms with van der Waals surface area (Å²) in [6, 6.07) is 12.0. The van der Waals surface area contributed by atoms with Crippen LogP contribution in [0.4, 0.5) is 17.1 Å². The summed E-state index contributed by atoms with van der Waals surface area (Å²) in [5.74, 6) is 0.921. The maximum atomic E-state index is 6.00. The van der Waals surface area contributed by atoms with Crippen LogP contribution in [0.2, 0.25) is 0 Å². The van der Waals surface area contributed by atoms with Crippen LogP contribution in [0.15, 0.2) is 36.4 Å². The minimum Gasteiger partial charge on any atom is -0.494 e. The average Bonchev–Trinajstić information content (AvgIpc) is 2.36. The summed E-state index contributed by atoms with van der Waals surface area (Å²) in [6.45, 7) is 6.73.